The Hall–Kier alpha value is -3.21. The highest BCUT2D eigenvalue weighted by Crippen LogP contribution is 2.23. The molecule has 1 aromatic heterocycles. The van der Waals surface area contributed by atoms with Gasteiger partial charge < -0.3 is 14.9 Å². The van der Waals surface area contributed by atoms with Gasteiger partial charge in [0.2, 0.25) is 10.0 Å². The molecule has 1 atom stereocenters. The van der Waals surface area contributed by atoms with Gasteiger partial charge >= 0.3 is 5.97 Å². The molecule has 11 heteroatoms. The molecule has 3 N–H and O–H groups in total. The third-order valence-electron chi connectivity index (χ3n) is 5.14. The van der Waals surface area contributed by atoms with E-state index >= 15 is 0 Å². The molecule has 0 radical (unpaired) electrons. The molecular formula is C23H24ClN3O6S. The lowest BCUT2D eigenvalue weighted by molar-refractivity contribution is -0.139. The number of sulfonamides is 1. The Labute approximate surface area is 202 Å². The summed E-state index contributed by atoms with van der Waals surface area (Å²) < 4.78 is 32.5. The van der Waals surface area contributed by atoms with E-state index in [2.05, 4.69) is 15.2 Å². The Morgan fingerprint density at radius 3 is 2.24 bits per heavy atom. The summed E-state index contributed by atoms with van der Waals surface area (Å²) in [6.45, 7) is 1.92. The van der Waals surface area contributed by atoms with E-state index in [1.807, 2.05) is 12.1 Å². The molecule has 3 rings (SSSR count). The van der Waals surface area contributed by atoms with E-state index < -0.39 is 22.0 Å². The highest BCUT2D eigenvalue weighted by molar-refractivity contribution is 7.89. The number of carbonyl (C=O) groups is 2. The van der Waals surface area contributed by atoms with Gasteiger partial charge in [-0.1, -0.05) is 41.0 Å². The van der Waals surface area contributed by atoms with E-state index in [4.69, 9.17) is 16.1 Å². The monoisotopic (exact) mass is 505 g/mol. The number of benzene rings is 2. The van der Waals surface area contributed by atoms with E-state index in [0.717, 1.165) is 11.1 Å². The van der Waals surface area contributed by atoms with Gasteiger partial charge in [-0.3, -0.25) is 9.59 Å². The van der Waals surface area contributed by atoms with Crippen molar-refractivity contribution in [3.8, 4) is 11.1 Å². The fourth-order valence-corrected chi connectivity index (χ4v) is 4.59. The smallest absolute Gasteiger partial charge is 0.321 e. The number of hydrogen-bond donors (Lipinski definition) is 3. The molecule has 180 valence electrons. The van der Waals surface area contributed by atoms with Crippen molar-refractivity contribution in [1.29, 1.82) is 0 Å². The maximum atomic E-state index is 12.7. The fraction of sp³-hybridized carbons (Fsp3) is 0.261. The normalized spacial score (nSPS) is 12.3. The summed E-state index contributed by atoms with van der Waals surface area (Å²) in [5.41, 5.74) is 2.00. The summed E-state index contributed by atoms with van der Waals surface area (Å²) in [6, 6.07) is 12.0. The van der Waals surface area contributed by atoms with E-state index in [0.29, 0.717) is 35.7 Å². The highest BCUT2D eigenvalue weighted by atomic mass is 35.5. The third kappa shape index (κ3) is 6.66. The Balaban J connectivity index is 1.53. The summed E-state index contributed by atoms with van der Waals surface area (Å²) >= 11 is 5.89. The number of carboxylic acid groups (broad SMARTS) is 1. The van der Waals surface area contributed by atoms with Gasteiger partial charge in [0.25, 0.3) is 5.91 Å². The molecule has 0 unspecified atom stereocenters. The summed E-state index contributed by atoms with van der Waals surface area (Å²) in [5.74, 6) is -1.21. The second-order valence-electron chi connectivity index (χ2n) is 7.59. The van der Waals surface area contributed by atoms with Crippen molar-refractivity contribution < 1.29 is 27.6 Å². The van der Waals surface area contributed by atoms with E-state index in [1.165, 1.54) is 18.3 Å². The van der Waals surface area contributed by atoms with E-state index in [9.17, 15) is 23.1 Å². The van der Waals surface area contributed by atoms with Crippen LogP contribution >= 0.6 is 11.6 Å². The van der Waals surface area contributed by atoms with Gasteiger partial charge in [-0.05, 0) is 61.6 Å². The zero-order valence-corrected chi connectivity index (χ0v) is 19.9. The molecule has 9 nitrogen and oxygen atoms in total. The number of rotatable bonds is 11. The summed E-state index contributed by atoms with van der Waals surface area (Å²) in [5, 5.41) is 16.3. The Bertz CT molecular complexity index is 1240. The Morgan fingerprint density at radius 1 is 1.06 bits per heavy atom. The number of nitrogens with one attached hydrogen (secondary N) is 2. The highest BCUT2D eigenvalue weighted by Gasteiger charge is 2.25. The molecule has 0 saturated carbocycles. The van der Waals surface area contributed by atoms with Crippen LogP contribution in [0.4, 0.5) is 0 Å². The van der Waals surface area contributed by atoms with Gasteiger partial charge in [-0.15, -0.1) is 0 Å². The molecule has 34 heavy (non-hydrogen) atoms. The first-order chi connectivity index (χ1) is 16.2. The molecule has 3 aromatic rings. The second kappa shape index (κ2) is 11.3. The van der Waals surface area contributed by atoms with Gasteiger partial charge in [-0.25, -0.2) is 8.42 Å². The SMILES string of the molecule is Cc1oncc1C(=O)NCCCC[C@@H](NS(=O)(=O)c1ccc(-c2ccc(Cl)cc2)cc1)C(=O)O. The number of nitrogens with zero attached hydrogens (tertiary/aromatic N) is 1. The topological polar surface area (TPSA) is 139 Å². The average Bonchev–Trinajstić information content (AvgIpc) is 3.24. The van der Waals surface area contributed by atoms with Crippen molar-refractivity contribution in [3.63, 3.8) is 0 Å². The third-order valence-corrected chi connectivity index (χ3v) is 6.88. The van der Waals surface area contributed by atoms with Crippen molar-refractivity contribution in [3.05, 3.63) is 71.1 Å². The van der Waals surface area contributed by atoms with Crippen LogP contribution in [0.15, 0.2) is 64.1 Å². The lowest BCUT2D eigenvalue weighted by atomic mass is 10.1. The summed E-state index contributed by atoms with van der Waals surface area (Å²) in [7, 11) is -4.04. The second-order valence-corrected chi connectivity index (χ2v) is 9.74. The lowest BCUT2D eigenvalue weighted by Gasteiger charge is -2.15. The van der Waals surface area contributed by atoms with Crippen molar-refractivity contribution in [2.75, 3.05) is 6.54 Å². The van der Waals surface area contributed by atoms with Crippen molar-refractivity contribution in [1.82, 2.24) is 15.2 Å². The molecule has 0 saturated heterocycles. The molecule has 0 spiro atoms. The minimum Gasteiger partial charge on any atom is -0.480 e. The minimum absolute atomic E-state index is 0.0344. The van der Waals surface area contributed by atoms with E-state index in [1.54, 1.807) is 31.2 Å². The van der Waals surface area contributed by atoms with Crippen molar-refractivity contribution in [2.45, 2.75) is 37.1 Å². The number of aryl methyl sites for hydroxylation is 1. The number of aliphatic carboxylic acids is 1. The molecule has 2 aromatic carbocycles. The number of aromatic nitrogens is 1. The van der Waals surface area contributed by atoms with Crippen LogP contribution in [0, 0.1) is 6.92 Å². The summed E-state index contributed by atoms with van der Waals surface area (Å²) in [4.78, 5) is 23.6. The van der Waals surface area contributed by atoms with Crippen molar-refractivity contribution >= 4 is 33.5 Å². The first-order valence-corrected chi connectivity index (χ1v) is 12.3. The Morgan fingerprint density at radius 2 is 1.68 bits per heavy atom. The first-order valence-electron chi connectivity index (χ1n) is 10.5. The summed E-state index contributed by atoms with van der Waals surface area (Å²) in [6.07, 6.45) is 2.25. The maximum absolute atomic E-state index is 12.7. The average molecular weight is 506 g/mol. The van der Waals surface area contributed by atoms with Crippen LogP contribution in [-0.4, -0.2) is 43.1 Å². The van der Waals surface area contributed by atoms with Crippen LogP contribution in [-0.2, 0) is 14.8 Å². The largest absolute Gasteiger partial charge is 0.480 e. The van der Waals surface area contributed by atoms with Gasteiger partial charge in [-0.2, -0.15) is 4.72 Å². The molecular weight excluding hydrogens is 482 g/mol. The fourth-order valence-electron chi connectivity index (χ4n) is 3.24. The number of halogens is 1. The number of carbonyl (C=O) groups excluding carboxylic acids is 1. The van der Waals surface area contributed by atoms with Crippen LogP contribution in [0.2, 0.25) is 5.02 Å². The van der Waals surface area contributed by atoms with Gasteiger partial charge in [0.15, 0.2) is 0 Å². The number of amides is 1. The van der Waals surface area contributed by atoms with Gasteiger partial charge in [0.1, 0.15) is 17.4 Å². The zero-order chi connectivity index (χ0) is 24.7. The van der Waals surface area contributed by atoms with Crippen LogP contribution in [0.5, 0.6) is 0 Å². The first kappa shape index (κ1) is 25.4. The minimum atomic E-state index is -4.04. The predicted octanol–water partition coefficient (Wildman–Crippen LogP) is 3.64. The van der Waals surface area contributed by atoms with E-state index in [-0.39, 0.29) is 17.2 Å². The molecule has 1 heterocycles. The maximum Gasteiger partial charge on any atom is 0.321 e. The molecule has 0 aliphatic rings. The molecule has 0 bridgehead atoms. The van der Waals surface area contributed by atoms with Crippen LogP contribution in [0.1, 0.15) is 35.4 Å². The van der Waals surface area contributed by atoms with Crippen LogP contribution in [0.3, 0.4) is 0 Å². The van der Waals surface area contributed by atoms with Crippen molar-refractivity contribution in [2.24, 2.45) is 0 Å². The molecule has 0 aliphatic heterocycles. The Kier molecular flexibility index (Phi) is 8.43. The molecule has 1 amide bonds. The standard InChI is InChI=1S/C23H24ClN3O6S/c1-15-20(14-26-33-15)22(28)25-13-3-2-4-21(23(29)30)27-34(31,32)19-11-7-17(8-12-19)16-5-9-18(24)10-6-16/h5-12,14,21,27H,2-4,13H2,1H3,(H,25,28)(H,29,30)/t21-/m1/s1. The molecule has 0 fully saturated rings. The quantitative estimate of drug-likeness (QED) is 0.338. The van der Waals surface area contributed by atoms with Crippen LogP contribution < -0.4 is 10.0 Å². The number of carboxylic acids is 1. The van der Waals surface area contributed by atoms with Crippen LogP contribution in [0.25, 0.3) is 11.1 Å². The lowest BCUT2D eigenvalue weighted by Crippen LogP contribution is -2.40. The predicted molar refractivity (Wildman–Crippen MR) is 126 cm³/mol. The van der Waals surface area contributed by atoms with Gasteiger partial charge in [0, 0.05) is 11.6 Å². The van der Waals surface area contributed by atoms with Gasteiger partial charge in [0.05, 0.1) is 11.1 Å². The molecule has 0 aliphatic carbocycles. The number of unbranched alkanes of at least 4 members (excludes halogenated alkanes) is 1. The number of hydrogen-bond acceptors (Lipinski definition) is 6. The zero-order valence-electron chi connectivity index (χ0n) is 18.3.